The molecule has 0 bridgehead atoms. The highest BCUT2D eigenvalue weighted by Crippen LogP contribution is 2.36. The third-order valence-corrected chi connectivity index (χ3v) is 7.82. The fourth-order valence-corrected chi connectivity index (χ4v) is 5.48. The van der Waals surface area contributed by atoms with Gasteiger partial charge in [-0.3, -0.25) is 9.59 Å². The van der Waals surface area contributed by atoms with Crippen LogP contribution in [0.25, 0.3) is 16.5 Å². The van der Waals surface area contributed by atoms with E-state index in [9.17, 15) is 26.8 Å². The molecule has 2 aliphatic rings. The molecular weight excluding hydrogens is 462 g/mol. The normalized spacial score (nSPS) is 16.1. The number of benzene rings is 2. The van der Waals surface area contributed by atoms with Gasteiger partial charge in [0.1, 0.15) is 17.3 Å². The molecule has 3 aromatic rings. The summed E-state index contributed by atoms with van der Waals surface area (Å²) in [6.07, 6.45) is 5.81. The number of carbonyl (C=O) groups is 2. The highest BCUT2D eigenvalue weighted by atomic mass is 32.2. The molecule has 0 spiro atoms. The topological polar surface area (TPSA) is 85.2 Å². The number of rotatable bonds is 6. The van der Waals surface area contributed by atoms with Crippen LogP contribution in [0.2, 0.25) is 0 Å². The van der Waals surface area contributed by atoms with Gasteiger partial charge in [-0.2, -0.15) is 0 Å². The van der Waals surface area contributed by atoms with E-state index in [-0.39, 0.29) is 46.5 Å². The number of sulfonamides is 1. The lowest BCUT2D eigenvalue weighted by molar-refractivity contribution is -0.113. The summed E-state index contributed by atoms with van der Waals surface area (Å²) in [6, 6.07) is 9.81. The van der Waals surface area contributed by atoms with Gasteiger partial charge >= 0.3 is 0 Å². The second-order valence-corrected chi connectivity index (χ2v) is 10.3. The van der Waals surface area contributed by atoms with Gasteiger partial charge in [0.15, 0.2) is 5.78 Å². The zero-order chi connectivity index (χ0) is 24.0. The minimum Gasteiger partial charge on any atom is -0.331 e. The average molecular weight is 483 g/mol. The zero-order valence-electron chi connectivity index (χ0n) is 17.9. The Morgan fingerprint density at radius 2 is 1.88 bits per heavy atom. The first-order chi connectivity index (χ1) is 16.3. The van der Waals surface area contributed by atoms with Gasteiger partial charge in [-0.1, -0.05) is 36.4 Å². The number of halogens is 2. The summed E-state index contributed by atoms with van der Waals surface area (Å²) in [5, 5.41) is -0.389. The van der Waals surface area contributed by atoms with E-state index in [1.54, 1.807) is 24.3 Å². The van der Waals surface area contributed by atoms with Crippen molar-refractivity contribution in [2.24, 2.45) is 0 Å². The van der Waals surface area contributed by atoms with E-state index in [2.05, 4.69) is 4.72 Å². The van der Waals surface area contributed by atoms with E-state index in [1.807, 2.05) is 0 Å². The molecule has 0 atom stereocenters. The molecule has 0 radical (unpaired) electrons. The number of nitrogens with one attached hydrogen (secondary N) is 1. The zero-order valence-corrected chi connectivity index (χ0v) is 18.7. The van der Waals surface area contributed by atoms with Crippen LogP contribution in [0.5, 0.6) is 0 Å². The monoisotopic (exact) mass is 482 g/mol. The maximum atomic E-state index is 14.5. The van der Waals surface area contributed by atoms with Crippen LogP contribution in [0.15, 0.2) is 60.7 Å². The summed E-state index contributed by atoms with van der Waals surface area (Å²) in [4.78, 5) is 26.2. The molecule has 2 aliphatic carbocycles. The quantitative estimate of drug-likeness (QED) is 0.573. The van der Waals surface area contributed by atoms with E-state index < -0.39 is 32.8 Å². The Morgan fingerprint density at radius 3 is 2.59 bits per heavy atom. The van der Waals surface area contributed by atoms with Crippen LogP contribution in [0, 0.1) is 11.6 Å². The van der Waals surface area contributed by atoms with Crippen LogP contribution in [-0.4, -0.2) is 29.9 Å². The number of aromatic nitrogens is 1. The van der Waals surface area contributed by atoms with Crippen molar-refractivity contribution in [3.05, 3.63) is 89.1 Å². The molecule has 0 aliphatic heterocycles. The molecular formula is C25H20F2N2O4S. The first kappa shape index (κ1) is 22.2. The molecule has 1 aromatic heterocycles. The van der Waals surface area contributed by atoms with Crippen molar-refractivity contribution in [3.63, 3.8) is 0 Å². The number of carbonyl (C=O) groups excluding carboxylic acids is 2. The van der Waals surface area contributed by atoms with Gasteiger partial charge in [-0.25, -0.2) is 21.9 Å². The second kappa shape index (κ2) is 8.32. The second-order valence-electron chi connectivity index (χ2n) is 8.37. The molecule has 0 unspecified atom stereocenters. The highest BCUT2D eigenvalue weighted by Gasteiger charge is 2.38. The number of ketones is 1. The standard InChI is InChI=1S/C25H20F2N2O4S/c26-16-9-12-21-19(13-16)23(18-6-2-4-8-22(18)30)24(25(31)28-34(32,33)17-10-11-17)29(21)14-15-5-1-3-7-20(15)27/h1-7,9,12-13,17H,8,10-11,14H2,(H,28,31). The third kappa shape index (κ3) is 3.96. The number of hydrogen-bond donors (Lipinski definition) is 1. The van der Waals surface area contributed by atoms with Gasteiger partial charge in [-0.05, 0) is 37.1 Å². The maximum Gasteiger partial charge on any atom is 0.282 e. The molecule has 9 heteroatoms. The fraction of sp³-hybridized carbons (Fsp3) is 0.200. The summed E-state index contributed by atoms with van der Waals surface area (Å²) in [5.41, 5.74) is 0.779. The number of amides is 1. The van der Waals surface area contributed by atoms with Crippen LogP contribution in [0.4, 0.5) is 8.78 Å². The van der Waals surface area contributed by atoms with Crippen LogP contribution in [0.1, 0.15) is 40.9 Å². The molecule has 1 heterocycles. The Kier molecular flexibility index (Phi) is 5.44. The molecule has 1 fully saturated rings. The van der Waals surface area contributed by atoms with Crippen molar-refractivity contribution in [1.82, 2.24) is 9.29 Å². The number of nitrogens with zero attached hydrogens (tertiary/aromatic N) is 1. The van der Waals surface area contributed by atoms with Gasteiger partial charge in [-0.15, -0.1) is 0 Å². The van der Waals surface area contributed by atoms with Crippen molar-refractivity contribution < 1.29 is 26.8 Å². The maximum absolute atomic E-state index is 14.5. The molecule has 1 N–H and O–H groups in total. The van der Waals surface area contributed by atoms with E-state index in [1.165, 1.54) is 41.0 Å². The predicted octanol–water partition coefficient (Wildman–Crippen LogP) is 4.10. The van der Waals surface area contributed by atoms with Gasteiger partial charge in [0.05, 0.1) is 11.8 Å². The summed E-state index contributed by atoms with van der Waals surface area (Å²) in [5.74, 6) is -2.34. The van der Waals surface area contributed by atoms with E-state index in [4.69, 9.17) is 0 Å². The molecule has 174 valence electrons. The van der Waals surface area contributed by atoms with Gasteiger partial charge in [0.2, 0.25) is 10.0 Å². The van der Waals surface area contributed by atoms with Gasteiger partial charge < -0.3 is 4.57 Å². The number of hydrogen-bond acceptors (Lipinski definition) is 4. The van der Waals surface area contributed by atoms with Crippen LogP contribution >= 0.6 is 0 Å². The Balaban J connectivity index is 1.78. The summed E-state index contributed by atoms with van der Waals surface area (Å²) >= 11 is 0. The molecule has 2 aromatic carbocycles. The third-order valence-electron chi connectivity index (χ3n) is 6.00. The fourth-order valence-electron chi connectivity index (χ4n) is 4.20. The summed E-state index contributed by atoms with van der Waals surface area (Å²) in [7, 11) is -3.92. The van der Waals surface area contributed by atoms with Crippen molar-refractivity contribution in [2.45, 2.75) is 31.1 Å². The largest absolute Gasteiger partial charge is 0.331 e. The van der Waals surface area contributed by atoms with Gasteiger partial charge in [0, 0.05) is 34.0 Å². The van der Waals surface area contributed by atoms with Crippen LogP contribution in [-0.2, 0) is 21.4 Å². The molecule has 0 saturated heterocycles. The Bertz CT molecular complexity index is 1520. The Hall–Kier alpha value is -3.59. The summed E-state index contributed by atoms with van der Waals surface area (Å²) < 4.78 is 57.5. The van der Waals surface area contributed by atoms with E-state index >= 15 is 0 Å². The molecule has 1 saturated carbocycles. The molecule has 34 heavy (non-hydrogen) atoms. The molecule has 6 nitrogen and oxygen atoms in total. The predicted molar refractivity (Wildman–Crippen MR) is 124 cm³/mol. The Labute approximate surface area is 194 Å². The van der Waals surface area contributed by atoms with Crippen LogP contribution in [0.3, 0.4) is 0 Å². The number of fused-ring (bicyclic) bond motifs is 1. The minimum absolute atomic E-state index is 0.0859. The van der Waals surface area contributed by atoms with Gasteiger partial charge in [0.25, 0.3) is 5.91 Å². The van der Waals surface area contributed by atoms with Crippen molar-refractivity contribution in [1.29, 1.82) is 0 Å². The van der Waals surface area contributed by atoms with E-state index in [0.717, 1.165) is 0 Å². The molecule has 5 rings (SSSR count). The average Bonchev–Trinajstić information content (AvgIpc) is 3.60. The number of allylic oxidation sites excluding steroid dienone is 4. The summed E-state index contributed by atoms with van der Waals surface area (Å²) in [6.45, 7) is -0.127. The lowest BCUT2D eigenvalue weighted by Crippen LogP contribution is -2.35. The molecule has 1 amide bonds. The lowest BCUT2D eigenvalue weighted by Gasteiger charge is -2.15. The van der Waals surface area contributed by atoms with Crippen molar-refractivity contribution in [3.8, 4) is 0 Å². The van der Waals surface area contributed by atoms with Crippen molar-refractivity contribution >= 4 is 38.2 Å². The smallest absolute Gasteiger partial charge is 0.282 e. The number of Topliss-reactive ketones (excluding diaryl/α,β-unsaturated/α-hetero) is 1. The SMILES string of the molecule is O=C1CC=CC=C1c1c(C(=O)NS(=O)(=O)C2CC2)n(Cc2ccccc2F)c2ccc(F)cc12. The van der Waals surface area contributed by atoms with Crippen molar-refractivity contribution in [2.75, 3.05) is 0 Å². The highest BCUT2D eigenvalue weighted by molar-refractivity contribution is 7.91. The Morgan fingerprint density at radius 1 is 1.12 bits per heavy atom. The minimum atomic E-state index is -3.92. The van der Waals surface area contributed by atoms with Crippen LogP contribution < -0.4 is 4.72 Å². The first-order valence-corrected chi connectivity index (χ1v) is 12.3. The first-order valence-electron chi connectivity index (χ1n) is 10.8. The lowest BCUT2D eigenvalue weighted by atomic mass is 9.93. The van der Waals surface area contributed by atoms with E-state index in [0.29, 0.717) is 18.4 Å².